The molecule has 0 spiro atoms. The van der Waals surface area contributed by atoms with Gasteiger partial charge in [0, 0.05) is 49.4 Å². The number of thioether (sulfide) groups is 1. The molecule has 0 aliphatic carbocycles. The molecule has 2 aliphatic rings. The maximum Gasteiger partial charge on any atom is 0.317 e. The maximum absolute atomic E-state index is 12.5. The van der Waals surface area contributed by atoms with Crippen molar-refractivity contribution in [3.63, 3.8) is 0 Å². The van der Waals surface area contributed by atoms with Crippen LogP contribution in [-0.2, 0) is 11.3 Å². The van der Waals surface area contributed by atoms with Gasteiger partial charge in [-0.1, -0.05) is 25.1 Å². The highest BCUT2D eigenvalue weighted by Gasteiger charge is 2.19. The fraction of sp³-hybridized carbons (Fsp3) is 0.611. The molecule has 1 unspecified atom stereocenters. The monoisotopic (exact) mass is 349 g/mol. The fourth-order valence-corrected chi connectivity index (χ4v) is 4.16. The molecule has 2 aliphatic heterocycles. The van der Waals surface area contributed by atoms with E-state index in [-0.39, 0.29) is 6.03 Å². The van der Waals surface area contributed by atoms with Gasteiger partial charge in [-0.15, -0.1) is 0 Å². The van der Waals surface area contributed by atoms with Crippen molar-refractivity contribution in [3.8, 4) is 0 Å². The van der Waals surface area contributed by atoms with E-state index in [1.807, 2.05) is 22.7 Å². The Morgan fingerprint density at radius 3 is 2.88 bits per heavy atom. The van der Waals surface area contributed by atoms with Gasteiger partial charge >= 0.3 is 6.03 Å². The third kappa shape index (κ3) is 4.57. The second-order valence-electron chi connectivity index (χ2n) is 6.34. The predicted octanol–water partition coefficient (Wildman–Crippen LogP) is 2.56. The normalized spacial score (nSPS) is 22.1. The zero-order valence-corrected chi connectivity index (χ0v) is 15.2. The van der Waals surface area contributed by atoms with Crippen LogP contribution in [0.15, 0.2) is 24.3 Å². The highest BCUT2D eigenvalue weighted by atomic mass is 32.2. The molecule has 0 radical (unpaired) electrons. The Balaban J connectivity index is 1.59. The third-order valence-electron chi connectivity index (χ3n) is 4.63. The van der Waals surface area contributed by atoms with Crippen LogP contribution < -0.4 is 10.2 Å². The van der Waals surface area contributed by atoms with Crippen LogP contribution in [0.1, 0.15) is 18.9 Å². The smallest absolute Gasteiger partial charge is 0.317 e. The lowest BCUT2D eigenvalue weighted by Gasteiger charge is -2.31. The largest absolute Gasteiger partial charge is 0.378 e. The number of amides is 2. The van der Waals surface area contributed by atoms with Crippen molar-refractivity contribution < 1.29 is 9.53 Å². The van der Waals surface area contributed by atoms with E-state index in [9.17, 15) is 4.79 Å². The van der Waals surface area contributed by atoms with Gasteiger partial charge in [-0.25, -0.2) is 4.79 Å². The molecule has 1 atom stereocenters. The number of para-hydroxylation sites is 1. The van der Waals surface area contributed by atoms with Crippen molar-refractivity contribution in [2.45, 2.75) is 25.1 Å². The van der Waals surface area contributed by atoms with E-state index >= 15 is 0 Å². The topological polar surface area (TPSA) is 44.8 Å². The molecule has 2 saturated heterocycles. The molecule has 1 aromatic carbocycles. The number of carbonyl (C=O) groups is 1. The first-order chi connectivity index (χ1) is 11.7. The summed E-state index contributed by atoms with van der Waals surface area (Å²) in [6.45, 7) is 7.86. The van der Waals surface area contributed by atoms with Gasteiger partial charge < -0.3 is 19.9 Å². The average molecular weight is 350 g/mol. The van der Waals surface area contributed by atoms with E-state index in [2.05, 4.69) is 35.3 Å². The first-order valence-corrected chi connectivity index (χ1v) is 9.84. The lowest BCUT2D eigenvalue weighted by molar-refractivity contribution is 0.122. The average Bonchev–Trinajstić information content (AvgIpc) is 2.85. The highest BCUT2D eigenvalue weighted by molar-refractivity contribution is 7.99. The summed E-state index contributed by atoms with van der Waals surface area (Å²) in [5, 5.41) is 3.75. The number of urea groups is 1. The van der Waals surface area contributed by atoms with Gasteiger partial charge in [-0.2, -0.15) is 11.8 Å². The van der Waals surface area contributed by atoms with Crippen molar-refractivity contribution in [2.24, 2.45) is 0 Å². The number of ether oxygens (including phenoxy) is 1. The van der Waals surface area contributed by atoms with Crippen LogP contribution >= 0.6 is 11.8 Å². The first-order valence-electron chi connectivity index (χ1n) is 8.79. The van der Waals surface area contributed by atoms with Gasteiger partial charge in [0.1, 0.15) is 0 Å². The molecule has 2 heterocycles. The van der Waals surface area contributed by atoms with Crippen LogP contribution in [0.2, 0.25) is 0 Å². The molecule has 2 fully saturated rings. The van der Waals surface area contributed by atoms with Crippen molar-refractivity contribution in [2.75, 3.05) is 50.0 Å². The van der Waals surface area contributed by atoms with E-state index in [1.165, 1.54) is 11.3 Å². The molecular weight excluding hydrogens is 322 g/mol. The summed E-state index contributed by atoms with van der Waals surface area (Å²) in [4.78, 5) is 16.8. The zero-order chi connectivity index (χ0) is 16.8. The number of hydrogen-bond donors (Lipinski definition) is 1. The number of benzene rings is 1. The van der Waals surface area contributed by atoms with Gasteiger partial charge in [0.15, 0.2) is 0 Å². The van der Waals surface area contributed by atoms with E-state index in [0.717, 1.165) is 51.6 Å². The van der Waals surface area contributed by atoms with Crippen molar-refractivity contribution >= 4 is 23.5 Å². The molecule has 1 N–H and O–H groups in total. The quantitative estimate of drug-likeness (QED) is 0.911. The molecule has 0 saturated carbocycles. The van der Waals surface area contributed by atoms with Gasteiger partial charge in [0.05, 0.1) is 13.2 Å². The number of nitrogens with zero attached hydrogens (tertiary/aromatic N) is 2. The summed E-state index contributed by atoms with van der Waals surface area (Å²) in [5.74, 6) is 1.03. The minimum atomic E-state index is 0.0569. The SMILES string of the molecule is CC1CCN(C(=O)NCc2ccccc2N2CCOCC2)CCS1. The van der Waals surface area contributed by atoms with Crippen LogP contribution in [0, 0.1) is 0 Å². The molecule has 6 heteroatoms. The minimum absolute atomic E-state index is 0.0569. The molecule has 132 valence electrons. The lowest BCUT2D eigenvalue weighted by atomic mass is 10.1. The molecule has 3 rings (SSSR count). The number of carbonyl (C=O) groups excluding carboxylic acids is 1. The van der Waals surface area contributed by atoms with Crippen LogP contribution in [0.5, 0.6) is 0 Å². The molecule has 5 nitrogen and oxygen atoms in total. The Kier molecular flexibility index (Phi) is 6.26. The van der Waals surface area contributed by atoms with Crippen LogP contribution in [0.4, 0.5) is 10.5 Å². The van der Waals surface area contributed by atoms with Gasteiger partial charge in [0.25, 0.3) is 0 Å². The first kappa shape index (κ1) is 17.4. The molecule has 1 aromatic rings. The lowest BCUT2D eigenvalue weighted by Crippen LogP contribution is -2.41. The van der Waals surface area contributed by atoms with Gasteiger partial charge in [-0.3, -0.25) is 0 Å². The van der Waals surface area contributed by atoms with Crippen molar-refractivity contribution in [3.05, 3.63) is 29.8 Å². The van der Waals surface area contributed by atoms with Crippen LogP contribution in [0.3, 0.4) is 0 Å². The number of nitrogens with one attached hydrogen (secondary N) is 1. The molecule has 0 bridgehead atoms. The number of morpholine rings is 1. The standard InChI is InChI=1S/C18H27N3O2S/c1-15-6-7-21(10-13-24-15)18(22)19-14-16-4-2-3-5-17(16)20-8-11-23-12-9-20/h2-5,15H,6-14H2,1H3,(H,19,22). The van der Waals surface area contributed by atoms with Crippen molar-refractivity contribution in [1.29, 1.82) is 0 Å². The second-order valence-corrected chi connectivity index (χ2v) is 7.89. The van der Waals surface area contributed by atoms with Crippen molar-refractivity contribution in [1.82, 2.24) is 10.2 Å². The summed E-state index contributed by atoms with van der Waals surface area (Å²) in [5.41, 5.74) is 2.38. The number of hydrogen-bond acceptors (Lipinski definition) is 4. The Bertz CT molecular complexity index is 549. The molecule has 24 heavy (non-hydrogen) atoms. The summed E-state index contributed by atoms with van der Waals surface area (Å²) in [7, 11) is 0. The van der Waals surface area contributed by atoms with Crippen LogP contribution in [-0.4, -0.2) is 61.3 Å². The third-order valence-corrected chi connectivity index (χ3v) is 5.85. The van der Waals surface area contributed by atoms with Gasteiger partial charge in [0.2, 0.25) is 0 Å². The Labute approximate surface area is 148 Å². The predicted molar refractivity (Wildman–Crippen MR) is 99.8 cm³/mol. The molecule has 2 amide bonds. The van der Waals surface area contributed by atoms with E-state index in [1.54, 1.807) is 0 Å². The maximum atomic E-state index is 12.5. The Hall–Kier alpha value is -1.40. The molecular formula is C18H27N3O2S. The van der Waals surface area contributed by atoms with E-state index in [4.69, 9.17) is 4.74 Å². The second kappa shape index (κ2) is 8.62. The van der Waals surface area contributed by atoms with E-state index < -0.39 is 0 Å². The Morgan fingerprint density at radius 2 is 2.04 bits per heavy atom. The van der Waals surface area contributed by atoms with Gasteiger partial charge in [-0.05, 0) is 18.1 Å². The summed E-state index contributed by atoms with van der Waals surface area (Å²) in [6.07, 6.45) is 1.07. The van der Waals surface area contributed by atoms with E-state index in [0.29, 0.717) is 11.8 Å². The highest BCUT2D eigenvalue weighted by Crippen LogP contribution is 2.22. The number of anilines is 1. The molecule has 0 aromatic heterocycles. The summed E-state index contributed by atoms with van der Waals surface area (Å²) < 4.78 is 5.44. The fourth-order valence-electron chi connectivity index (χ4n) is 3.16. The zero-order valence-electron chi connectivity index (χ0n) is 14.4. The minimum Gasteiger partial charge on any atom is -0.378 e. The Morgan fingerprint density at radius 1 is 1.25 bits per heavy atom. The van der Waals surface area contributed by atoms with Crippen LogP contribution in [0.25, 0.3) is 0 Å². The summed E-state index contributed by atoms with van der Waals surface area (Å²) in [6, 6.07) is 8.39. The summed E-state index contributed by atoms with van der Waals surface area (Å²) >= 11 is 1.96. The number of rotatable bonds is 3.